The summed E-state index contributed by atoms with van der Waals surface area (Å²) in [5.41, 5.74) is 3.07. The highest BCUT2D eigenvalue weighted by molar-refractivity contribution is 7.09. The van der Waals surface area contributed by atoms with Crippen molar-refractivity contribution in [1.82, 2.24) is 5.32 Å². The zero-order valence-corrected chi connectivity index (χ0v) is 13.0. The Balaban J connectivity index is 1.72. The van der Waals surface area contributed by atoms with Gasteiger partial charge >= 0.3 is 0 Å². The first-order chi connectivity index (χ1) is 10.2. The molecule has 0 radical (unpaired) electrons. The first-order valence-corrected chi connectivity index (χ1v) is 7.92. The fraction of sp³-hybridized carbons (Fsp3) is 0.312. The van der Waals surface area contributed by atoms with Gasteiger partial charge in [0.2, 0.25) is 5.91 Å². The Morgan fingerprint density at radius 1 is 1.38 bits per heavy atom. The van der Waals surface area contributed by atoms with E-state index < -0.39 is 0 Å². The molecule has 1 aromatic carbocycles. The number of nitrogens with one attached hydrogen (secondary N) is 2. The summed E-state index contributed by atoms with van der Waals surface area (Å²) in [5, 5.41) is 8.08. The van der Waals surface area contributed by atoms with E-state index in [1.807, 2.05) is 6.07 Å². The number of hydrogen-bond acceptors (Lipinski definition) is 4. The highest BCUT2D eigenvalue weighted by Gasteiger charge is 2.29. The van der Waals surface area contributed by atoms with Gasteiger partial charge in [-0.15, -0.1) is 11.3 Å². The maximum Gasteiger partial charge on any atom is 0.246 e. The van der Waals surface area contributed by atoms with Crippen molar-refractivity contribution in [2.45, 2.75) is 12.5 Å². The van der Waals surface area contributed by atoms with Crippen molar-refractivity contribution >= 4 is 28.6 Å². The topological polar surface area (TPSA) is 44.4 Å². The normalized spacial score (nSPS) is 16.7. The highest BCUT2D eigenvalue weighted by Crippen LogP contribution is 2.33. The van der Waals surface area contributed by atoms with Crippen LogP contribution < -0.4 is 15.5 Å². The van der Waals surface area contributed by atoms with E-state index in [1.54, 1.807) is 18.4 Å². The van der Waals surface area contributed by atoms with Gasteiger partial charge in [-0.1, -0.05) is 12.1 Å². The molecule has 21 heavy (non-hydrogen) atoms. The molecule has 5 heteroatoms. The fourth-order valence-electron chi connectivity index (χ4n) is 2.64. The van der Waals surface area contributed by atoms with Gasteiger partial charge in [0.05, 0.1) is 0 Å². The van der Waals surface area contributed by atoms with Crippen molar-refractivity contribution < 1.29 is 4.79 Å². The molecule has 0 spiro atoms. The third kappa shape index (κ3) is 2.80. The minimum atomic E-state index is -0.231. The van der Waals surface area contributed by atoms with Gasteiger partial charge in [-0.2, -0.15) is 0 Å². The molecular formula is C16H19N3OS. The number of carbonyl (C=O) groups excluding carboxylic acids is 1. The number of likely N-dealkylation sites (N-methyl/N-ethyl adjacent to an activating group) is 2. The molecule has 1 aliphatic rings. The number of benzene rings is 1. The molecule has 2 heterocycles. The summed E-state index contributed by atoms with van der Waals surface area (Å²) in [6.07, 6.45) is 1.04. The average molecular weight is 301 g/mol. The van der Waals surface area contributed by atoms with Crippen LogP contribution in [0.3, 0.4) is 0 Å². The quantitative estimate of drug-likeness (QED) is 0.892. The van der Waals surface area contributed by atoms with Crippen molar-refractivity contribution in [1.29, 1.82) is 0 Å². The first kappa shape index (κ1) is 14.1. The molecule has 1 aliphatic heterocycles. The summed E-state index contributed by atoms with van der Waals surface area (Å²) in [5.74, 6) is 0.0193. The van der Waals surface area contributed by atoms with Crippen LogP contribution in [0.25, 0.3) is 0 Å². The standard InChI is InChI=1S/C16H19N3OS/c1-17-15-13-6-5-11(10-14(13)18-16(15)20)19(2)8-7-12-4-3-9-21-12/h3-6,9-10,15,17H,7-8H2,1-2H3,(H,18,20). The van der Waals surface area contributed by atoms with Crippen molar-refractivity contribution in [3.8, 4) is 0 Å². The summed E-state index contributed by atoms with van der Waals surface area (Å²) in [6.45, 7) is 0.961. The van der Waals surface area contributed by atoms with E-state index >= 15 is 0 Å². The van der Waals surface area contributed by atoms with Crippen LogP contribution in [-0.2, 0) is 11.2 Å². The van der Waals surface area contributed by atoms with Crippen LogP contribution in [0.15, 0.2) is 35.7 Å². The Hall–Kier alpha value is -1.85. The predicted octanol–water partition coefficient (Wildman–Crippen LogP) is 2.64. The molecule has 1 amide bonds. The number of thiophene rings is 1. The van der Waals surface area contributed by atoms with Crippen molar-refractivity contribution in [2.75, 3.05) is 30.9 Å². The van der Waals surface area contributed by atoms with Crippen molar-refractivity contribution in [3.05, 3.63) is 46.2 Å². The van der Waals surface area contributed by atoms with E-state index in [9.17, 15) is 4.79 Å². The Labute approximate surface area is 128 Å². The van der Waals surface area contributed by atoms with Crippen molar-refractivity contribution in [2.24, 2.45) is 0 Å². The lowest BCUT2D eigenvalue weighted by atomic mass is 10.1. The number of nitrogens with zero attached hydrogens (tertiary/aromatic N) is 1. The molecule has 1 unspecified atom stereocenters. The molecule has 2 aromatic rings. The molecule has 2 N–H and O–H groups in total. The number of hydrogen-bond donors (Lipinski definition) is 2. The van der Waals surface area contributed by atoms with E-state index in [1.165, 1.54) is 4.88 Å². The Morgan fingerprint density at radius 2 is 2.24 bits per heavy atom. The second-order valence-corrected chi connectivity index (χ2v) is 6.27. The van der Waals surface area contributed by atoms with Crippen molar-refractivity contribution in [3.63, 3.8) is 0 Å². The number of fused-ring (bicyclic) bond motifs is 1. The second kappa shape index (κ2) is 5.87. The molecule has 3 rings (SSSR count). The third-order valence-electron chi connectivity index (χ3n) is 3.87. The zero-order chi connectivity index (χ0) is 14.8. The van der Waals surface area contributed by atoms with Gasteiger partial charge in [-0.3, -0.25) is 4.79 Å². The van der Waals surface area contributed by atoms with Crippen LogP contribution in [0.4, 0.5) is 11.4 Å². The fourth-order valence-corrected chi connectivity index (χ4v) is 3.33. The predicted molar refractivity (Wildman–Crippen MR) is 88.2 cm³/mol. The lowest BCUT2D eigenvalue weighted by Gasteiger charge is -2.20. The molecule has 4 nitrogen and oxygen atoms in total. The summed E-state index contributed by atoms with van der Waals surface area (Å²) in [4.78, 5) is 15.5. The van der Waals surface area contributed by atoms with Gasteiger partial charge in [0.25, 0.3) is 0 Å². The monoisotopic (exact) mass is 301 g/mol. The lowest BCUT2D eigenvalue weighted by molar-refractivity contribution is -0.117. The van der Waals surface area contributed by atoms with E-state index in [0.717, 1.165) is 29.9 Å². The molecule has 0 fully saturated rings. The van der Waals surface area contributed by atoms with Crippen LogP contribution in [-0.4, -0.2) is 26.5 Å². The van der Waals surface area contributed by atoms with Crippen LogP contribution in [0.5, 0.6) is 0 Å². The minimum absolute atomic E-state index is 0.0193. The Bertz CT molecular complexity index is 639. The SMILES string of the molecule is CNC1C(=O)Nc2cc(N(C)CCc3cccs3)ccc21. The van der Waals surface area contributed by atoms with Crippen LogP contribution in [0.1, 0.15) is 16.5 Å². The number of anilines is 2. The van der Waals surface area contributed by atoms with Crippen LogP contribution in [0, 0.1) is 0 Å². The van der Waals surface area contributed by atoms with Gasteiger partial charge in [0, 0.05) is 35.4 Å². The summed E-state index contributed by atoms with van der Waals surface area (Å²) in [6, 6.07) is 10.2. The maximum absolute atomic E-state index is 11.8. The summed E-state index contributed by atoms with van der Waals surface area (Å²) in [7, 11) is 3.89. The zero-order valence-electron chi connectivity index (χ0n) is 12.2. The van der Waals surface area contributed by atoms with Gasteiger partial charge in [0.15, 0.2) is 0 Å². The van der Waals surface area contributed by atoms with E-state index in [2.05, 4.69) is 52.2 Å². The van der Waals surface area contributed by atoms with Gasteiger partial charge in [-0.05, 0) is 37.0 Å². The maximum atomic E-state index is 11.8. The second-order valence-electron chi connectivity index (χ2n) is 5.23. The summed E-state index contributed by atoms with van der Waals surface area (Å²) >= 11 is 1.79. The Kier molecular flexibility index (Phi) is 3.94. The molecule has 0 bridgehead atoms. The third-order valence-corrected chi connectivity index (χ3v) is 4.81. The minimum Gasteiger partial charge on any atom is -0.374 e. The molecular weight excluding hydrogens is 282 g/mol. The van der Waals surface area contributed by atoms with Crippen LogP contribution in [0.2, 0.25) is 0 Å². The Morgan fingerprint density at radius 3 is 2.95 bits per heavy atom. The molecule has 0 saturated heterocycles. The molecule has 0 saturated carbocycles. The number of amides is 1. The van der Waals surface area contributed by atoms with E-state index in [4.69, 9.17) is 0 Å². The average Bonchev–Trinajstić information content (AvgIpc) is 3.10. The molecule has 1 atom stereocenters. The van der Waals surface area contributed by atoms with Gasteiger partial charge < -0.3 is 15.5 Å². The van der Waals surface area contributed by atoms with Gasteiger partial charge in [0.1, 0.15) is 6.04 Å². The first-order valence-electron chi connectivity index (χ1n) is 7.04. The van der Waals surface area contributed by atoms with Gasteiger partial charge in [-0.25, -0.2) is 0 Å². The molecule has 0 aliphatic carbocycles. The molecule has 110 valence electrons. The van der Waals surface area contributed by atoms with Crippen LogP contribution >= 0.6 is 11.3 Å². The number of rotatable bonds is 5. The number of carbonyl (C=O) groups is 1. The highest BCUT2D eigenvalue weighted by atomic mass is 32.1. The molecule has 1 aromatic heterocycles. The van der Waals surface area contributed by atoms with E-state index in [0.29, 0.717) is 0 Å². The lowest BCUT2D eigenvalue weighted by Crippen LogP contribution is -2.23. The summed E-state index contributed by atoms with van der Waals surface area (Å²) < 4.78 is 0. The van der Waals surface area contributed by atoms with E-state index in [-0.39, 0.29) is 11.9 Å². The smallest absolute Gasteiger partial charge is 0.246 e. The largest absolute Gasteiger partial charge is 0.374 e.